The molecule has 1 aliphatic rings. The van der Waals surface area contributed by atoms with Crippen molar-refractivity contribution in [3.63, 3.8) is 0 Å². The van der Waals surface area contributed by atoms with Crippen LogP contribution in [0.3, 0.4) is 0 Å². The molecule has 0 spiro atoms. The number of rotatable bonds is 6. The summed E-state index contributed by atoms with van der Waals surface area (Å²) in [4.78, 5) is 0.322. The summed E-state index contributed by atoms with van der Waals surface area (Å²) < 4.78 is 31.8. The molecular formula is C19H23NO3S. The van der Waals surface area contributed by atoms with Gasteiger partial charge in [-0.25, -0.2) is 8.42 Å². The van der Waals surface area contributed by atoms with E-state index in [1.54, 1.807) is 12.1 Å². The van der Waals surface area contributed by atoms with Gasteiger partial charge in [-0.05, 0) is 31.5 Å². The van der Waals surface area contributed by atoms with Crippen molar-refractivity contribution in [2.24, 2.45) is 5.73 Å². The molecule has 3 atom stereocenters. The monoisotopic (exact) mass is 345 g/mol. The van der Waals surface area contributed by atoms with Crippen molar-refractivity contribution in [2.45, 2.75) is 35.4 Å². The zero-order chi connectivity index (χ0) is 17.4. The summed E-state index contributed by atoms with van der Waals surface area (Å²) in [5.41, 5.74) is 7.58. The number of hydrogen-bond acceptors (Lipinski definition) is 4. The maximum atomic E-state index is 13.1. The first-order valence-corrected chi connectivity index (χ1v) is 9.68. The van der Waals surface area contributed by atoms with E-state index in [0.717, 1.165) is 11.1 Å². The lowest BCUT2D eigenvalue weighted by Crippen LogP contribution is -2.36. The molecule has 0 amide bonds. The van der Waals surface area contributed by atoms with Crippen LogP contribution >= 0.6 is 0 Å². The van der Waals surface area contributed by atoms with Crippen LogP contribution in [-0.4, -0.2) is 32.4 Å². The second kappa shape index (κ2) is 6.31. The summed E-state index contributed by atoms with van der Waals surface area (Å²) in [7, 11) is -3.52. The van der Waals surface area contributed by atoms with Crippen molar-refractivity contribution in [3.8, 4) is 0 Å². The van der Waals surface area contributed by atoms with E-state index in [-0.39, 0.29) is 12.5 Å². The molecule has 1 aliphatic carbocycles. The quantitative estimate of drug-likeness (QED) is 0.874. The largest absolute Gasteiger partial charge is 0.380 e. The SMILES string of the molecule is CCOC[C@]1(N)[C@@H](c2ccccc2)[C@@H]1S(=O)(=O)c1ccc(C)cc1. The molecule has 0 radical (unpaired) electrons. The first-order chi connectivity index (χ1) is 11.4. The van der Waals surface area contributed by atoms with Gasteiger partial charge in [0.15, 0.2) is 9.84 Å². The van der Waals surface area contributed by atoms with Gasteiger partial charge in [0.05, 0.1) is 22.3 Å². The summed E-state index contributed by atoms with van der Waals surface area (Å²) in [6.07, 6.45) is 0. The second-order valence-corrected chi connectivity index (χ2v) is 8.49. The summed E-state index contributed by atoms with van der Waals surface area (Å²) in [5.74, 6) is -0.253. The first kappa shape index (κ1) is 17.1. The molecule has 24 heavy (non-hydrogen) atoms. The maximum absolute atomic E-state index is 13.1. The molecule has 2 aromatic rings. The van der Waals surface area contributed by atoms with E-state index in [0.29, 0.717) is 11.5 Å². The number of sulfone groups is 1. The lowest BCUT2D eigenvalue weighted by Gasteiger charge is -2.12. The van der Waals surface area contributed by atoms with Gasteiger partial charge in [-0.3, -0.25) is 0 Å². The van der Waals surface area contributed by atoms with E-state index in [9.17, 15) is 8.42 Å². The Balaban J connectivity index is 1.99. The minimum Gasteiger partial charge on any atom is -0.380 e. The molecule has 1 fully saturated rings. The summed E-state index contributed by atoms with van der Waals surface area (Å²) in [6, 6.07) is 16.5. The van der Waals surface area contributed by atoms with E-state index >= 15 is 0 Å². The number of hydrogen-bond donors (Lipinski definition) is 1. The molecule has 3 rings (SSSR count). The molecule has 2 N–H and O–H groups in total. The molecule has 0 saturated heterocycles. The molecule has 0 heterocycles. The first-order valence-electron chi connectivity index (χ1n) is 8.13. The van der Waals surface area contributed by atoms with E-state index in [1.165, 1.54) is 0 Å². The highest BCUT2D eigenvalue weighted by molar-refractivity contribution is 7.92. The van der Waals surface area contributed by atoms with E-state index in [4.69, 9.17) is 10.5 Å². The molecule has 2 aromatic carbocycles. The van der Waals surface area contributed by atoms with Gasteiger partial charge in [0.2, 0.25) is 0 Å². The maximum Gasteiger partial charge on any atom is 0.183 e. The Labute approximate surface area is 143 Å². The van der Waals surface area contributed by atoms with Crippen LogP contribution in [0.25, 0.3) is 0 Å². The lowest BCUT2D eigenvalue weighted by atomic mass is 10.1. The average Bonchev–Trinajstić information content (AvgIpc) is 3.21. The topological polar surface area (TPSA) is 69.4 Å². The molecule has 0 aliphatic heterocycles. The third kappa shape index (κ3) is 2.88. The number of ether oxygens (including phenoxy) is 1. The lowest BCUT2D eigenvalue weighted by molar-refractivity contribution is 0.125. The highest BCUT2D eigenvalue weighted by Gasteiger charge is 2.69. The summed E-state index contributed by atoms with van der Waals surface area (Å²) >= 11 is 0. The summed E-state index contributed by atoms with van der Waals surface area (Å²) in [5, 5.41) is -0.665. The van der Waals surface area contributed by atoms with Gasteiger partial charge >= 0.3 is 0 Å². The Bertz CT molecular complexity index is 802. The Morgan fingerprint density at radius 2 is 1.71 bits per heavy atom. The van der Waals surface area contributed by atoms with Crippen LogP contribution in [0.4, 0.5) is 0 Å². The van der Waals surface area contributed by atoms with Gasteiger partial charge in [0.1, 0.15) is 0 Å². The molecule has 128 valence electrons. The number of benzene rings is 2. The molecule has 0 bridgehead atoms. The smallest absolute Gasteiger partial charge is 0.183 e. The van der Waals surface area contributed by atoms with Crippen LogP contribution in [0.5, 0.6) is 0 Å². The Hall–Kier alpha value is -1.69. The highest BCUT2D eigenvalue weighted by Crippen LogP contribution is 2.55. The predicted octanol–water partition coefficient (Wildman–Crippen LogP) is 2.67. The fraction of sp³-hybridized carbons (Fsp3) is 0.368. The average molecular weight is 345 g/mol. The van der Waals surface area contributed by atoms with Gasteiger partial charge in [-0.2, -0.15) is 0 Å². The third-order valence-corrected chi connectivity index (χ3v) is 7.01. The van der Waals surface area contributed by atoms with Gasteiger partial charge < -0.3 is 10.5 Å². The molecule has 5 heteroatoms. The Kier molecular flexibility index (Phi) is 4.51. The standard InChI is InChI=1S/C19H23NO3S/c1-3-23-13-19(20)17(15-7-5-4-6-8-15)18(19)24(21,22)16-11-9-14(2)10-12-16/h4-12,17-18H,3,13,20H2,1-2H3/t17-,18-,19-/m0/s1. The fourth-order valence-electron chi connectivity index (χ4n) is 3.36. The van der Waals surface area contributed by atoms with Crippen molar-refractivity contribution in [1.82, 2.24) is 0 Å². The minimum atomic E-state index is -3.52. The van der Waals surface area contributed by atoms with Gasteiger partial charge in [0.25, 0.3) is 0 Å². The normalized spacial score (nSPS) is 26.3. The van der Waals surface area contributed by atoms with Gasteiger partial charge in [0, 0.05) is 12.5 Å². The molecule has 4 nitrogen and oxygen atoms in total. The van der Waals surface area contributed by atoms with Crippen LogP contribution in [-0.2, 0) is 14.6 Å². The van der Waals surface area contributed by atoms with Crippen molar-refractivity contribution < 1.29 is 13.2 Å². The zero-order valence-electron chi connectivity index (χ0n) is 14.0. The molecular weight excluding hydrogens is 322 g/mol. The fourth-order valence-corrected chi connectivity index (χ4v) is 5.65. The molecule has 0 unspecified atom stereocenters. The van der Waals surface area contributed by atoms with Crippen LogP contribution in [0.1, 0.15) is 24.0 Å². The highest BCUT2D eigenvalue weighted by atomic mass is 32.2. The third-order valence-electron chi connectivity index (χ3n) is 4.70. The van der Waals surface area contributed by atoms with Crippen molar-refractivity contribution in [1.29, 1.82) is 0 Å². The van der Waals surface area contributed by atoms with Crippen molar-refractivity contribution in [3.05, 3.63) is 65.7 Å². The molecule has 0 aromatic heterocycles. The summed E-state index contributed by atoms with van der Waals surface area (Å²) in [6.45, 7) is 4.56. The Morgan fingerprint density at radius 1 is 1.08 bits per heavy atom. The predicted molar refractivity (Wildman–Crippen MR) is 94.7 cm³/mol. The minimum absolute atomic E-state index is 0.235. The van der Waals surface area contributed by atoms with E-state index < -0.39 is 20.6 Å². The van der Waals surface area contributed by atoms with E-state index in [1.807, 2.05) is 56.3 Å². The number of aryl methyl sites for hydroxylation is 1. The van der Waals surface area contributed by atoms with Gasteiger partial charge in [-0.1, -0.05) is 48.0 Å². The number of nitrogens with two attached hydrogens (primary N) is 1. The van der Waals surface area contributed by atoms with Crippen molar-refractivity contribution >= 4 is 9.84 Å². The molecule has 1 saturated carbocycles. The second-order valence-electron chi connectivity index (χ2n) is 6.42. The van der Waals surface area contributed by atoms with Crippen LogP contribution in [0.15, 0.2) is 59.5 Å². The van der Waals surface area contributed by atoms with E-state index in [2.05, 4.69) is 0 Å². The Morgan fingerprint density at radius 3 is 2.29 bits per heavy atom. The van der Waals surface area contributed by atoms with Crippen LogP contribution in [0.2, 0.25) is 0 Å². The zero-order valence-corrected chi connectivity index (χ0v) is 14.8. The van der Waals surface area contributed by atoms with Crippen molar-refractivity contribution in [2.75, 3.05) is 13.2 Å². The van der Waals surface area contributed by atoms with Gasteiger partial charge in [-0.15, -0.1) is 0 Å². The van der Waals surface area contributed by atoms with Crippen LogP contribution in [0, 0.1) is 6.92 Å². The van der Waals surface area contributed by atoms with Crippen LogP contribution < -0.4 is 5.73 Å².